The van der Waals surface area contributed by atoms with Crippen LogP contribution < -0.4 is 10.1 Å². The van der Waals surface area contributed by atoms with E-state index in [0.717, 1.165) is 27.8 Å². The molecule has 0 radical (unpaired) electrons. The number of carbonyl (C=O) groups excluding carboxylic acids is 1. The summed E-state index contributed by atoms with van der Waals surface area (Å²) in [5.74, 6) is 0.577. The molecule has 0 bridgehead atoms. The predicted octanol–water partition coefficient (Wildman–Crippen LogP) is 4.27. The number of hydrogen-bond acceptors (Lipinski definition) is 4. The van der Waals surface area contributed by atoms with Gasteiger partial charge in [-0.3, -0.25) is 4.79 Å². The lowest BCUT2D eigenvalue weighted by Crippen LogP contribution is -2.44. The van der Waals surface area contributed by atoms with Crippen LogP contribution in [0.15, 0.2) is 53.0 Å². The number of benzene rings is 2. The molecule has 0 aromatic heterocycles. The van der Waals surface area contributed by atoms with Gasteiger partial charge in [0.15, 0.2) is 0 Å². The summed E-state index contributed by atoms with van der Waals surface area (Å²) >= 11 is 3.36. The number of ether oxygens (including phenoxy) is 1. The van der Waals surface area contributed by atoms with E-state index in [4.69, 9.17) is 4.74 Å². The fourth-order valence-electron chi connectivity index (χ4n) is 3.83. The minimum absolute atomic E-state index is 0.00683. The van der Waals surface area contributed by atoms with Gasteiger partial charge in [0.1, 0.15) is 5.75 Å². The number of methoxy groups -OCH3 is 1. The van der Waals surface area contributed by atoms with E-state index in [9.17, 15) is 13.2 Å². The summed E-state index contributed by atoms with van der Waals surface area (Å²) in [6.07, 6.45) is 1.84. The average Bonchev–Trinajstić information content (AvgIpc) is 2.79. The molecule has 1 heterocycles. The van der Waals surface area contributed by atoms with Crippen molar-refractivity contribution in [3.8, 4) is 5.75 Å². The first-order chi connectivity index (χ1) is 14.8. The maximum atomic E-state index is 12.8. The van der Waals surface area contributed by atoms with Crippen LogP contribution in [0.25, 0.3) is 0 Å². The molecule has 0 aliphatic carbocycles. The largest absolute Gasteiger partial charge is 0.497 e. The summed E-state index contributed by atoms with van der Waals surface area (Å²) in [4.78, 5) is 12.8. The molecule has 1 atom stereocenters. The molecule has 1 fully saturated rings. The first kappa shape index (κ1) is 23.8. The van der Waals surface area contributed by atoms with Crippen molar-refractivity contribution in [3.63, 3.8) is 0 Å². The Kier molecular flexibility index (Phi) is 8.13. The summed E-state index contributed by atoms with van der Waals surface area (Å²) in [7, 11) is -1.78. The molecule has 0 unspecified atom stereocenters. The quantitative estimate of drug-likeness (QED) is 0.577. The van der Waals surface area contributed by atoms with Gasteiger partial charge in [0.2, 0.25) is 15.9 Å². The fraction of sp³-hybridized carbons (Fsp3) is 0.435. The zero-order valence-corrected chi connectivity index (χ0v) is 20.3. The van der Waals surface area contributed by atoms with Crippen LogP contribution in [-0.2, 0) is 20.6 Å². The van der Waals surface area contributed by atoms with Crippen LogP contribution in [0.4, 0.5) is 0 Å². The van der Waals surface area contributed by atoms with Gasteiger partial charge in [-0.1, -0.05) is 47.1 Å². The van der Waals surface area contributed by atoms with Gasteiger partial charge in [-0.05, 0) is 54.7 Å². The van der Waals surface area contributed by atoms with E-state index in [1.807, 2.05) is 55.5 Å². The minimum atomic E-state index is -3.40. The third-order valence-corrected chi connectivity index (χ3v) is 8.10. The molecular weight excluding hydrogens is 480 g/mol. The first-order valence-corrected chi connectivity index (χ1v) is 12.9. The van der Waals surface area contributed by atoms with Gasteiger partial charge in [0, 0.05) is 23.5 Å². The molecule has 1 aliphatic rings. The maximum absolute atomic E-state index is 12.8. The Labute approximate surface area is 193 Å². The topological polar surface area (TPSA) is 75.7 Å². The van der Waals surface area contributed by atoms with E-state index in [2.05, 4.69) is 21.2 Å². The minimum Gasteiger partial charge on any atom is -0.497 e. The van der Waals surface area contributed by atoms with Crippen molar-refractivity contribution < 1.29 is 17.9 Å². The molecule has 8 heteroatoms. The number of piperidine rings is 1. The molecule has 31 heavy (non-hydrogen) atoms. The molecule has 2 aromatic carbocycles. The molecule has 1 saturated heterocycles. The average molecular weight is 509 g/mol. The highest BCUT2D eigenvalue weighted by atomic mass is 79.9. The van der Waals surface area contributed by atoms with Crippen LogP contribution in [0.2, 0.25) is 0 Å². The Balaban J connectivity index is 1.55. The van der Waals surface area contributed by atoms with E-state index >= 15 is 0 Å². The molecule has 2 aromatic rings. The van der Waals surface area contributed by atoms with Gasteiger partial charge >= 0.3 is 0 Å². The number of amides is 1. The molecule has 3 rings (SSSR count). The van der Waals surface area contributed by atoms with Gasteiger partial charge in [0.25, 0.3) is 0 Å². The van der Waals surface area contributed by atoms with Gasteiger partial charge < -0.3 is 10.1 Å². The summed E-state index contributed by atoms with van der Waals surface area (Å²) in [5, 5.41) is 3.14. The monoisotopic (exact) mass is 508 g/mol. The smallest absolute Gasteiger partial charge is 0.223 e. The second kappa shape index (κ2) is 10.6. The van der Waals surface area contributed by atoms with Crippen molar-refractivity contribution in [2.24, 2.45) is 5.92 Å². The number of halogens is 1. The molecule has 1 amide bonds. The summed E-state index contributed by atoms with van der Waals surface area (Å²) in [5.41, 5.74) is 1.79. The highest BCUT2D eigenvalue weighted by Gasteiger charge is 2.31. The van der Waals surface area contributed by atoms with Crippen LogP contribution in [0.5, 0.6) is 5.75 Å². The lowest BCUT2D eigenvalue weighted by Gasteiger charge is -2.31. The number of nitrogens with zero attached hydrogens (tertiary/aromatic N) is 1. The van der Waals surface area contributed by atoms with Gasteiger partial charge in [-0.2, -0.15) is 0 Å². The molecule has 0 saturated carbocycles. The number of sulfonamides is 1. The van der Waals surface area contributed by atoms with Crippen LogP contribution in [0.1, 0.15) is 43.4 Å². The van der Waals surface area contributed by atoms with E-state index in [1.54, 1.807) is 7.11 Å². The number of nitrogens with one attached hydrogen (secondary N) is 1. The Morgan fingerprint density at radius 3 is 2.29 bits per heavy atom. The van der Waals surface area contributed by atoms with E-state index < -0.39 is 10.0 Å². The summed E-state index contributed by atoms with van der Waals surface area (Å²) < 4.78 is 33.2. The SMILES string of the molecule is CC[C@H](NC(=O)C1CCN(S(=O)(=O)Cc2ccc(Br)cc2)CC1)c1ccc(OC)cc1. The van der Waals surface area contributed by atoms with Crippen molar-refractivity contribution in [2.45, 2.75) is 38.0 Å². The zero-order chi connectivity index (χ0) is 22.4. The lowest BCUT2D eigenvalue weighted by atomic mass is 9.95. The van der Waals surface area contributed by atoms with Crippen molar-refractivity contribution in [1.82, 2.24) is 9.62 Å². The zero-order valence-electron chi connectivity index (χ0n) is 17.9. The first-order valence-electron chi connectivity index (χ1n) is 10.5. The van der Waals surface area contributed by atoms with E-state index in [-0.39, 0.29) is 23.6 Å². The van der Waals surface area contributed by atoms with Crippen molar-refractivity contribution >= 4 is 31.9 Å². The molecule has 168 valence electrons. The Morgan fingerprint density at radius 1 is 1.13 bits per heavy atom. The Morgan fingerprint density at radius 2 is 1.74 bits per heavy atom. The molecule has 1 N–H and O–H groups in total. The second-order valence-electron chi connectivity index (χ2n) is 7.80. The molecule has 0 spiro atoms. The third kappa shape index (κ3) is 6.30. The number of carbonyl (C=O) groups is 1. The maximum Gasteiger partial charge on any atom is 0.223 e. The third-order valence-electron chi connectivity index (χ3n) is 5.72. The standard InChI is InChI=1S/C23H29BrN2O4S/c1-3-22(18-6-10-21(30-2)11-7-18)25-23(27)19-12-14-26(15-13-19)31(28,29)16-17-4-8-20(24)9-5-17/h4-11,19,22H,3,12-16H2,1-2H3,(H,25,27)/t22-/m0/s1. The number of rotatable bonds is 8. The normalized spacial score (nSPS) is 16.6. The number of hydrogen-bond donors (Lipinski definition) is 1. The van der Waals surface area contributed by atoms with Crippen molar-refractivity contribution in [3.05, 3.63) is 64.1 Å². The molecule has 1 aliphatic heterocycles. The van der Waals surface area contributed by atoms with E-state index in [0.29, 0.717) is 25.9 Å². The second-order valence-corrected chi connectivity index (χ2v) is 10.7. The van der Waals surface area contributed by atoms with E-state index in [1.165, 1.54) is 4.31 Å². The van der Waals surface area contributed by atoms with Crippen LogP contribution in [0.3, 0.4) is 0 Å². The molecule has 6 nitrogen and oxygen atoms in total. The van der Waals surface area contributed by atoms with Gasteiger partial charge in [-0.25, -0.2) is 12.7 Å². The van der Waals surface area contributed by atoms with Crippen LogP contribution >= 0.6 is 15.9 Å². The van der Waals surface area contributed by atoms with Gasteiger partial charge in [0.05, 0.1) is 18.9 Å². The van der Waals surface area contributed by atoms with Crippen molar-refractivity contribution in [2.75, 3.05) is 20.2 Å². The predicted molar refractivity (Wildman–Crippen MR) is 125 cm³/mol. The lowest BCUT2D eigenvalue weighted by molar-refractivity contribution is -0.126. The molecular formula is C23H29BrN2O4S. The van der Waals surface area contributed by atoms with Crippen LogP contribution in [-0.4, -0.2) is 38.8 Å². The summed E-state index contributed by atoms with van der Waals surface area (Å²) in [6, 6.07) is 14.9. The summed E-state index contributed by atoms with van der Waals surface area (Å²) in [6.45, 7) is 2.78. The van der Waals surface area contributed by atoms with Crippen molar-refractivity contribution in [1.29, 1.82) is 0 Å². The highest BCUT2D eigenvalue weighted by molar-refractivity contribution is 9.10. The fourth-order valence-corrected chi connectivity index (χ4v) is 5.65. The Bertz CT molecular complexity index is 970. The van der Waals surface area contributed by atoms with Crippen LogP contribution in [0, 0.1) is 5.92 Å². The highest BCUT2D eigenvalue weighted by Crippen LogP contribution is 2.25. The Hall–Kier alpha value is -1.90. The van der Waals surface area contributed by atoms with Gasteiger partial charge in [-0.15, -0.1) is 0 Å².